The Balaban J connectivity index is 2.12. The van der Waals surface area contributed by atoms with Crippen LogP contribution in [0.5, 0.6) is 0 Å². The Morgan fingerprint density at radius 2 is 1.95 bits per heavy atom. The number of para-hydroxylation sites is 1. The third-order valence-electron chi connectivity index (χ3n) is 3.59. The summed E-state index contributed by atoms with van der Waals surface area (Å²) in [5.41, 5.74) is 1.66. The molecule has 0 unspecified atom stereocenters. The summed E-state index contributed by atoms with van der Waals surface area (Å²) in [4.78, 5) is -0.00236. The highest BCUT2D eigenvalue weighted by Crippen LogP contribution is 2.36. The minimum absolute atomic E-state index is 0.00236. The predicted octanol–water partition coefficient (Wildman–Crippen LogP) is 3.62. The van der Waals surface area contributed by atoms with Crippen LogP contribution in [0.4, 0.5) is 10.1 Å². The second kappa shape index (κ2) is 5.00. The SMILES string of the molecule is C[C@H]1Cc2ccccc2N1S(=O)(=O)c1ccc(F)c(Cl)c1. The number of rotatable bonds is 2. The van der Waals surface area contributed by atoms with Crippen molar-refractivity contribution >= 4 is 27.3 Å². The maximum absolute atomic E-state index is 13.2. The van der Waals surface area contributed by atoms with Gasteiger partial charge in [0.15, 0.2) is 0 Å². The maximum atomic E-state index is 13.2. The number of nitrogens with zero attached hydrogens (tertiary/aromatic N) is 1. The molecule has 0 N–H and O–H groups in total. The highest BCUT2D eigenvalue weighted by molar-refractivity contribution is 7.92. The van der Waals surface area contributed by atoms with E-state index in [2.05, 4.69) is 0 Å². The molecule has 0 aromatic heterocycles. The molecular weight excluding hydrogens is 313 g/mol. The highest BCUT2D eigenvalue weighted by atomic mass is 35.5. The predicted molar refractivity (Wildman–Crippen MR) is 80.7 cm³/mol. The molecule has 0 saturated carbocycles. The van der Waals surface area contributed by atoms with Crippen LogP contribution < -0.4 is 4.31 Å². The number of halogens is 2. The van der Waals surface area contributed by atoms with Gasteiger partial charge in [-0.05, 0) is 43.2 Å². The number of fused-ring (bicyclic) bond motifs is 1. The first-order chi connectivity index (χ1) is 9.91. The van der Waals surface area contributed by atoms with E-state index in [0.29, 0.717) is 12.1 Å². The highest BCUT2D eigenvalue weighted by Gasteiger charge is 2.35. The van der Waals surface area contributed by atoms with E-state index < -0.39 is 15.8 Å². The molecular formula is C15H13ClFNO2S. The van der Waals surface area contributed by atoms with Crippen LogP contribution in [0.2, 0.25) is 5.02 Å². The van der Waals surface area contributed by atoms with Crippen molar-refractivity contribution in [1.29, 1.82) is 0 Å². The molecule has 0 amide bonds. The minimum Gasteiger partial charge on any atom is -0.263 e. The lowest BCUT2D eigenvalue weighted by atomic mass is 10.1. The van der Waals surface area contributed by atoms with Gasteiger partial charge in [0.05, 0.1) is 15.6 Å². The Kier molecular flexibility index (Phi) is 3.42. The fraction of sp³-hybridized carbons (Fsp3) is 0.200. The number of hydrogen-bond donors (Lipinski definition) is 0. The molecule has 3 nitrogen and oxygen atoms in total. The maximum Gasteiger partial charge on any atom is 0.264 e. The number of anilines is 1. The van der Waals surface area contributed by atoms with Crippen molar-refractivity contribution in [2.45, 2.75) is 24.3 Å². The topological polar surface area (TPSA) is 37.4 Å². The first-order valence-corrected chi connectivity index (χ1v) is 8.30. The van der Waals surface area contributed by atoms with Crippen LogP contribution in [0.25, 0.3) is 0 Å². The summed E-state index contributed by atoms with van der Waals surface area (Å²) in [6.45, 7) is 1.85. The van der Waals surface area contributed by atoms with Crippen LogP contribution in [0, 0.1) is 5.82 Å². The van der Waals surface area contributed by atoms with Crippen molar-refractivity contribution < 1.29 is 12.8 Å². The van der Waals surface area contributed by atoms with Gasteiger partial charge in [0, 0.05) is 6.04 Å². The molecule has 1 aliphatic heterocycles. The van der Waals surface area contributed by atoms with Gasteiger partial charge in [-0.2, -0.15) is 0 Å². The van der Waals surface area contributed by atoms with Crippen LogP contribution in [0.1, 0.15) is 12.5 Å². The normalized spacial score (nSPS) is 17.9. The van der Waals surface area contributed by atoms with Crippen LogP contribution in [-0.2, 0) is 16.4 Å². The standard InChI is InChI=1S/C15H13ClFNO2S/c1-10-8-11-4-2-3-5-15(11)18(10)21(19,20)12-6-7-14(17)13(16)9-12/h2-7,9-10H,8H2,1H3/t10-/m0/s1. The molecule has 0 radical (unpaired) electrons. The summed E-state index contributed by atoms with van der Waals surface area (Å²) in [7, 11) is -3.76. The Morgan fingerprint density at radius 3 is 2.67 bits per heavy atom. The summed E-state index contributed by atoms with van der Waals surface area (Å²) in [5, 5.41) is -0.198. The fourth-order valence-electron chi connectivity index (χ4n) is 2.65. The summed E-state index contributed by atoms with van der Waals surface area (Å²) in [5.74, 6) is -0.634. The Morgan fingerprint density at radius 1 is 1.24 bits per heavy atom. The lowest BCUT2D eigenvalue weighted by Crippen LogP contribution is -2.35. The Bertz CT molecular complexity index is 807. The Hall–Kier alpha value is -1.59. The smallest absolute Gasteiger partial charge is 0.263 e. The molecule has 0 aliphatic carbocycles. The summed E-state index contributed by atoms with van der Waals surface area (Å²) in [6.07, 6.45) is 0.657. The van der Waals surface area contributed by atoms with Crippen LogP contribution >= 0.6 is 11.6 Å². The minimum atomic E-state index is -3.76. The van der Waals surface area contributed by atoms with Crippen LogP contribution in [-0.4, -0.2) is 14.5 Å². The second-order valence-corrected chi connectivity index (χ2v) is 7.28. The van der Waals surface area contributed by atoms with E-state index in [1.54, 1.807) is 12.1 Å². The van der Waals surface area contributed by atoms with Crippen LogP contribution in [0.15, 0.2) is 47.4 Å². The molecule has 21 heavy (non-hydrogen) atoms. The zero-order chi connectivity index (χ0) is 15.2. The zero-order valence-corrected chi connectivity index (χ0v) is 12.8. The zero-order valence-electron chi connectivity index (χ0n) is 11.3. The van der Waals surface area contributed by atoms with Gasteiger partial charge in [-0.25, -0.2) is 12.8 Å². The molecule has 2 aromatic rings. The third-order valence-corrected chi connectivity index (χ3v) is 5.81. The van der Waals surface area contributed by atoms with E-state index in [-0.39, 0.29) is 16.0 Å². The average Bonchev–Trinajstić information content (AvgIpc) is 2.78. The van der Waals surface area contributed by atoms with Gasteiger partial charge in [0.25, 0.3) is 10.0 Å². The molecule has 3 rings (SSSR count). The van der Waals surface area contributed by atoms with E-state index in [1.807, 2.05) is 19.1 Å². The van der Waals surface area contributed by atoms with Gasteiger partial charge in [-0.3, -0.25) is 4.31 Å². The van der Waals surface area contributed by atoms with E-state index in [4.69, 9.17) is 11.6 Å². The van der Waals surface area contributed by atoms with E-state index in [9.17, 15) is 12.8 Å². The molecule has 0 bridgehead atoms. The molecule has 1 atom stereocenters. The quantitative estimate of drug-likeness (QED) is 0.845. The fourth-order valence-corrected chi connectivity index (χ4v) is 4.62. The van der Waals surface area contributed by atoms with Gasteiger partial charge in [-0.15, -0.1) is 0 Å². The number of benzene rings is 2. The molecule has 0 spiro atoms. The molecule has 6 heteroatoms. The second-order valence-electron chi connectivity index (χ2n) is 5.06. The lowest BCUT2D eigenvalue weighted by molar-refractivity contribution is 0.583. The van der Waals surface area contributed by atoms with E-state index in [0.717, 1.165) is 17.7 Å². The molecule has 0 saturated heterocycles. The molecule has 110 valence electrons. The van der Waals surface area contributed by atoms with E-state index >= 15 is 0 Å². The summed E-state index contributed by atoms with van der Waals surface area (Å²) in [6, 6.07) is 10.7. The largest absolute Gasteiger partial charge is 0.264 e. The first kappa shape index (κ1) is 14.4. The van der Waals surface area contributed by atoms with Gasteiger partial charge < -0.3 is 0 Å². The van der Waals surface area contributed by atoms with Gasteiger partial charge in [0.2, 0.25) is 0 Å². The summed E-state index contributed by atoms with van der Waals surface area (Å²) < 4.78 is 40.3. The van der Waals surface area contributed by atoms with Crippen molar-refractivity contribution in [3.05, 3.63) is 58.9 Å². The molecule has 2 aromatic carbocycles. The lowest BCUT2D eigenvalue weighted by Gasteiger charge is -2.24. The number of sulfonamides is 1. The monoisotopic (exact) mass is 325 g/mol. The van der Waals surface area contributed by atoms with E-state index in [1.165, 1.54) is 10.4 Å². The molecule has 1 heterocycles. The molecule has 0 fully saturated rings. The van der Waals surface area contributed by atoms with Gasteiger partial charge in [-0.1, -0.05) is 29.8 Å². The van der Waals surface area contributed by atoms with Crippen molar-refractivity contribution in [2.24, 2.45) is 0 Å². The Labute approximate surface area is 128 Å². The summed E-state index contributed by atoms with van der Waals surface area (Å²) >= 11 is 5.71. The first-order valence-electron chi connectivity index (χ1n) is 6.48. The third kappa shape index (κ3) is 2.30. The van der Waals surface area contributed by atoms with Crippen molar-refractivity contribution in [3.63, 3.8) is 0 Å². The van der Waals surface area contributed by atoms with Gasteiger partial charge >= 0.3 is 0 Å². The van der Waals surface area contributed by atoms with Crippen molar-refractivity contribution in [3.8, 4) is 0 Å². The van der Waals surface area contributed by atoms with Crippen molar-refractivity contribution in [2.75, 3.05) is 4.31 Å². The molecule has 1 aliphatic rings. The van der Waals surface area contributed by atoms with Crippen LogP contribution in [0.3, 0.4) is 0 Å². The van der Waals surface area contributed by atoms with Gasteiger partial charge in [0.1, 0.15) is 5.82 Å². The average molecular weight is 326 g/mol. The number of hydrogen-bond acceptors (Lipinski definition) is 2. The van der Waals surface area contributed by atoms with Crippen molar-refractivity contribution in [1.82, 2.24) is 0 Å².